The van der Waals surface area contributed by atoms with Crippen molar-refractivity contribution in [1.82, 2.24) is 0 Å². The third kappa shape index (κ3) is 6.26. The molecule has 0 unspecified atom stereocenters. The van der Waals surface area contributed by atoms with E-state index in [-0.39, 0.29) is 0 Å². The molecule has 1 heterocycles. The minimum absolute atomic E-state index is 0.507. The monoisotopic (exact) mass is 476 g/mol. The standard InChI is InChI=1S/C23H15Cl2O.ClHO4/c24-20-19(16-10-4-1-5-11-16)21(25)23(18-14-8-3-9-15-18)26-22(20)17-12-6-2-7-13-17;2-1(3,4)5/h1-15H;(H,2,3,4,5)/q+1;/p-1. The average molecular weight is 478 g/mol. The molecule has 0 saturated carbocycles. The van der Waals surface area contributed by atoms with Crippen LogP contribution in [0.3, 0.4) is 0 Å². The first-order chi connectivity index (χ1) is 14.8. The maximum Gasteiger partial charge on any atom is 0.379 e. The molecule has 4 rings (SSSR count). The molecule has 0 aliphatic heterocycles. The minimum atomic E-state index is -4.94. The van der Waals surface area contributed by atoms with Crippen LogP contribution >= 0.6 is 23.2 Å². The van der Waals surface area contributed by atoms with Crippen molar-refractivity contribution < 1.29 is 33.3 Å². The molecule has 5 nitrogen and oxygen atoms in total. The Hall–Kier alpha value is -2.48. The Labute approximate surface area is 191 Å². The summed E-state index contributed by atoms with van der Waals surface area (Å²) < 4.78 is 40.2. The molecule has 0 fully saturated rings. The predicted octanol–water partition coefficient (Wildman–Crippen LogP) is 3.11. The maximum absolute atomic E-state index is 8.49. The molecule has 3 aromatic carbocycles. The highest BCUT2D eigenvalue weighted by molar-refractivity contribution is 6.41. The Bertz CT molecular complexity index is 1060. The van der Waals surface area contributed by atoms with Gasteiger partial charge in [0.1, 0.15) is 0 Å². The summed E-state index contributed by atoms with van der Waals surface area (Å²) in [7, 11) is -4.94. The van der Waals surface area contributed by atoms with Gasteiger partial charge >= 0.3 is 11.5 Å². The van der Waals surface area contributed by atoms with Gasteiger partial charge in [0.05, 0.1) is 11.1 Å². The lowest BCUT2D eigenvalue weighted by Crippen LogP contribution is -2.68. The fourth-order valence-electron chi connectivity index (χ4n) is 2.92. The molecule has 4 aromatic rings. The van der Waals surface area contributed by atoms with E-state index in [1.165, 1.54) is 0 Å². The Morgan fingerprint density at radius 1 is 0.516 bits per heavy atom. The molecular weight excluding hydrogens is 463 g/mol. The molecule has 0 spiro atoms. The van der Waals surface area contributed by atoms with Crippen molar-refractivity contribution in [1.29, 1.82) is 0 Å². The Kier molecular flexibility index (Phi) is 7.64. The van der Waals surface area contributed by atoms with Crippen LogP contribution in [0.4, 0.5) is 0 Å². The van der Waals surface area contributed by atoms with Gasteiger partial charge in [-0.3, -0.25) is 0 Å². The van der Waals surface area contributed by atoms with Crippen LogP contribution < -0.4 is 18.6 Å². The number of hydrogen-bond acceptors (Lipinski definition) is 4. The van der Waals surface area contributed by atoms with Crippen molar-refractivity contribution in [2.24, 2.45) is 0 Å². The van der Waals surface area contributed by atoms with Crippen LogP contribution in [0.1, 0.15) is 0 Å². The summed E-state index contributed by atoms with van der Waals surface area (Å²) in [6.45, 7) is 0. The van der Waals surface area contributed by atoms with Gasteiger partial charge in [0.2, 0.25) is 0 Å². The van der Waals surface area contributed by atoms with E-state index >= 15 is 0 Å². The zero-order valence-electron chi connectivity index (χ0n) is 15.8. The number of hydrogen-bond donors (Lipinski definition) is 0. The first kappa shape index (κ1) is 23.2. The quantitative estimate of drug-likeness (QED) is 0.422. The summed E-state index contributed by atoms with van der Waals surface area (Å²) >= 11 is 13.5. The van der Waals surface area contributed by atoms with Gasteiger partial charge in [0.15, 0.2) is 10.0 Å². The van der Waals surface area contributed by atoms with Crippen LogP contribution in [-0.4, -0.2) is 0 Å². The first-order valence-electron chi connectivity index (χ1n) is 8.89. The lowest BCUT2D eigenvalue weighted by Gasteiger charge is -2.17. The molecule has 8 heteroatoms. The minimum Gasteiger partial charge on any atom is -0.222 e. The Morgan fingerprint density at radius 2 is 0.806 bits per heavy atom. The highest BCUT2D eigenvalue weighted by atomic mass is 35.7. The fraction of sp³-hybridized carbons (Fsp3) is 0. The van der Waals surface area contributed by atoms with Gasteiger partial charge in [0, 0.05) is 5.56 Å². The van der Waals surface area contributed by atoms with E-state index in [0.717, 1.165) is 22.3 Å². The second-order valence-corrected chi connectivity index (χ2v) is 7.75. The van der Waals surface area contributed by atoms with E-state index in [1.807, 2.05) is 91.0 Å². The van der Waals surface area contributed by atoms with Gasteiger partial charge in [0.25, 0.3) is 0 Å². The lowest BCUT2D eigenvalue weighted by molar-refractivity contribution is -2.00. The highest BCUT2D eigenvalue weighted by Crippen LogP contribution is 2.46. The van der Waals surface area contributed by atoms with Gasteiger partial charge < -0.3 is 0 Å². The number of rotatable bonds is 3. The number of halogens is 3. The summed E-state index contributed by atoms with van der Waals surface area (Å²) in [6, 6.07) is 29.6. The summed E-state index contributed by atoms with van der Waals surface area (Å²) in [6.07, 6.45) is 0. The van der Waals surface area contributed by atoms with E-state index in [2.05, 4.69) is 0 Å². The third-order valence-electron chi connectivity index (χ3n) is 4.18. The second-order valence-electron chi connectivity index (χ2n) is 6.24. The van der Waals surface area contributed by atoms with Gasteiger partial charge in [-0.25, -0.2) is 23.1 Å². The maximum atomic E-state index is 8.49. The average Bonchev–Trinajstić information content (AvgIpc) is 2.75. The van der Waals surface area contributed by atoms with Crippen LogP contribution in [0, 0.1) is 10.2 Å². The van der Waals surface area contributed by atoms with Crippen LogP contribution in [0.25, 0.3) is 33.8 Å². The van der Waals surface area contributed by atoms with Gasteiger partial charge in [-0.05, 0) is 29.8 Å². The molecule has 0 aliphatic carbocycles. The van der Waals surface area contributed by atoms with E-state index in [0.29, 0.717) is 21.6 Å². The van der Waals surface area contributed by atoms with E-state index in [9.17, 15) is 0 Å². The normalized spacial score (nSPS) is 10.9. The lowest BCUT2D eigenvalue weighted by atomic mass is 10.0. The van der Waals surface area contributed by atoms with E-state index in [4.69, 9.17) is 46.3 Å². The zero-order valence-corrected chi connectivity index (χ0v) is 18.1. The molecule has 0 radical (unpaired) electrons. The summed E-state index contributed by atoms with van der Waals surface area (Å²) in [5, 5.41) is 1.01. The third-order valence-corrected chi connectivity index (χ3v) is 4.90. The molecule has 0 atom stereocenters. The summed E-state index contributed by atoms with van der Waals surface area (Å²) in [4.78, 5) is 0. The first-order valence-corrected chi connectivity index (χ1v) is 10.9. The summed E-state index contributed by atoms with van der Waals surface area (Å²) in [5.74, 6) is 1.21. The molecule has 0 saturated heterocycles. The SMILES string of the molecule is Clc1c(-c2ccccc2)[o+]c(-c2ccccc2)c(Cl)c1-c1ccccc1.[O-][Cl+3]([O-])([O-])[O-]. The largest absolute Gasteiger partial charge is 0.379 e. The van der Waals surface area contributed by atoms with Gasteiger partial charge in [-0.15, -0.1) is 10.2 Å². The molecule has 0 aliphatic rings. The topological polar surface area (TPSA) is 104 Å². The second kappa shape index (κ2) is 10.2. The molecule has 1 aromatic heterocycles. The molecule has 31 heavy (non-hydrogen) atoms. The molecule has 158 valence electrons. The molecule has 0 amide bonds. The molecule has 0 bridgehead atoms. The zero-order chi connectivity index (χ0) is 22.4. The Balaban J connectivity index is 0.000000491. The van der Waals surface area contributed by atoms with Crippen LogP contribution in [0.5, 0.6) is 0 Å². The van der Waals surface area contributed by atoms with Crippen molar-refractivity contribution in [3.63, 3.8) is 0 Å². The van der Waals surface area contributed by atoms with Gasteiger partial charge in [-0.1, -0.05) is 89.9 Å². The van der Waals surface area contributed by atoms with Crippen molar-refractivity contribution in [2.75, 3.05) is 0 Å². The highest BCUT2D eigenvalue weighted by Gasteiger charge is 2.31. The fourth-order valence-corrected chi connectivity index (χ4v) is 3.67. The van der Waals surface area contributed by atoms with Crippen molar-refractivity contribution in [2.45, 2.75) is 0 Å². The molecule has 0 N–H and O–H groups in total. The van der Waals surface area contributed by atoms with E-state index < -0.39 is 10.2 Å². The predicted molar refractivity (Wildman–Crippen MR) is 109 cm³/mol. The van der Waals surface area contributed by atoms with Crippen molar-refractivity contribution >= 4 is 23.2 Å². The smallest absolute Gasteiger partial charge is 0.222 e. The van der Waals surface area contributed by atoms with Crippen LogP contribution in [-0.2, 0) is 0 Å². The summed E-state index contributed by atoms with van der Waals surface area (Å²) in [5.41, 5.74) is 3.54. The number of benzene rings is 3. The Morgan fingerprint density at radius 3 is 1.13 bits per heavy atom. The van der Waals surface area contributed by atoms with Crippen LogP contribution in [0.2, 0.25) is 10.0 Å². The van der Waals surface area contributed by atoms with Crippen molar-refractivity contribution in [3.8, 4) is 33.8 Å². The van der Waals surface area contributed by atoms with Crippen LogP contribution in [0.15, 0.2) is 95.4 Å². The van der Waals surface area contributed by atoms with Crippen molar-refractivity contribution in [3.05, 3.63) is 101 Å². The molecular formula is C23H15Cl3O5. The van der Waals surface area contributed by atoms with Gasteiger partial charge in [-0.2, -0.15) is 0 Å². The van der Waals surface area contributed by atoms with E-state index in [1.54, 1.807) is 0 Å².